The first-order valence-electron chi connectivity index (χ1n) is 5.79. The number of thiophene rings is 1. The number of nitrogens with zero attached hydrogens (tertiary/aromatic N) is 1. The predicted molar refractivity (Wildman–Crippen MR) is 67.1 cm³/mol. The van der Waals surface area contributed by atoms with E-state index < -0.39 is 5.97 Å². The van der Waals surface area contributed by atoms with Gasteiger partial charge in [0, 0.05) is 13.0 Å². The fraction of sp³-hybridized carbons (Fsp3) is 0.417. The van der Waals surface area contributed by atoms with Gasteiger partial charge in [0.25, 0.3) is 0 Å². The third kappa shape index (κ3) is 2.03. The number of carboxylic acid groups (broad SMARTS) is 1. The smallest absolute Gasteiger partial charge is 0.352 e. The molecule has 1 N–H and O–H groups in total. The van der Waals surface area contributed by atoms with Gasteiger partial charge in [0.2, 0.25) is 0 Å². The maximum absolute atomic E-state index is 11.2. The van der Waals surface area contributed by atoms with E-state index in [9.17, 15) is 9.90 Å². The van der Waals surface area contributed by atoms with Crippen LogP contribution in [0.5, 0.6) is 0 Å². The highest BCUT2D eigenvalue weighted by Gasteiger charge is 2.19. The Hall–Kier alpha value is -1.37. The van der Waals surface area contributed by atoms with E-state index in [-0.39, 0.29) is 6.29 Å². The third-order valence-electron chi connectivity index (χ3n) is 3.02. The Morgan fingerprint density at radius 1 is 1.50 bits per heavy atom. The lowest BCUT2D eigenvalue weighted by molar-refractivity contribution is -0.0489. The molecule has 18 heavy (non-hydrogen) atoms. The molecule has 1 aliphatic heterocycles. The minimum Gasteiger partial charge on any atom is -0.477 e. The zero-order valence-corrected chi connectivity index (χ0v) is 10.5. The Labute approximate surface area is 108 Å². The van der Waals surface area contributed by atoms with Gasteiger partial charge in [-0.3, -0.25) is 0 Å². The van der Waals surface area contributed by atoms with Gasteiger partial charge in [-0.15, -0.1) is 11.3 Å². The van der Waals surface area contributed by atoms with Crippen molar-refractivity contribution in [1.29, 1.82) is 0 Å². The van der Waals surface area contributed by atoms with Crippen molar-refractivity contribution in [3.05, 3.63) is 23.2 Å². The maximum atomic E-state index is 11.2. The summed E-state index contributed by atoms with van der Waals surface area (Å²) >= 11 is 1.55. The molecule has 0 spiro atoms. The molecule has 1 saturated heterocycles. The van der Waals surface area contributed by atoms with Crippen LogP contribution >= 0.6 is 11.3 Å². The first-order valence-corrected chi connectivity index (χ1v) is 6.67. The van der Waals surface area contributed by atoms with Crippen LogP contribution in [-0.4, -0.2) is 35.1 Å². The molecule has 0 aliphatic carbocycles. The van der Waals surface area contributed by atoms with Crippen molar-refractivity contribution < 1.29 is 19.4 Å². The topological polar surface area (TPSA) is 60.7 Å². The molecule has 0 unspecified atom stereocenters. The first kappa shape index (κ1) is 11.7. The van der Waals surface area contributed by atoms with E-state index in [1.807, 2.05) is 16.0 Å². The lowest BCUT2D eigenvalue weighted by Crippen LogP contribution is -2.15. The second kappa shape index (κ2) is 4.72. The summed E-state index contributed by atoms with van der Waals surface area (Å²) in [5, 5.41) is 11.2. The average molecular weight is 267 g/mol. The molecule has 3 rings (SSSR count). The highest BCUT2D eigenvalue weighted by atomic mass is 32.1. The molecule has 2 aromatic rings. The fourth-order valence-corrected chi connectivity index (χ4v) is 3.03. The van der Waals surface area contributed by atoms with Crippen LogP contribution in [0, 0.1) is 0 Å². The lowest BCUT2D eigenvalue weighted by atomic mass is 10.3. The van der Waals surface area contributed by atoms with Gasteiger partial charge in [0.05, 0.1) is 23.4 Å². The van der Waals surface area contributed by atoms with Gasteiger partial charge in [-0.1, -0.05) is 0 Å². The fourth-order valence-electron chi connectivity index (χ4n) is 2.20. The van der Waals surface area contributed by atoms with Gasteiger partial charge < -0.3 is 19.1 Å². The van der Waals surface area contributed by atoms with E-state index in [0.29, 0.717) is 31.9 Å². The van der Waals surface area contributed by atoms with Crippen LogP contribution in [0.15, 0.2) is 17.5 Å². The van der Waals surface area contributed by atoms with Crippen LogP contribution in [0.3, 0.4) is 0 Å². The van der Waals surface area contributed by atoms with Crippen LogP contribution in [-0.2, 0) is 16.0 Å². The van der Waals surface area contributed by atoms with Crippen molar-refractivity contribution in [3.8, 4) is 0 Å². The van der Waals surface area contributed by atoms with Gasteiger partial charge in [-0.2, -0.15) is 0 Å². The Morgan fingerprint density at radius 2 is 2.28 bits per heavy atom. The van der Waals surface area contributed by atoms with Gasteiger partial charge in [0.1, 0.15) is 5.69 Å². The molecule has 2 aromatic heterocycles. The minimum absolute atomic E-state index is 0.206. The van der Waals surface area contributed by atoms with Crippen molar-refractivity contribution in [2.45, 2.75) is 19.3 Å². The number of aryl methyl sites for hydroxylation is 1. The standard InChI is InChI=1S/C12H13NO4S/c14-12(15)9-7-10-8(2-6-18-10)13(9)3-1-11-16-4-5-17-11/h2,6-7,11H,1,3-5H2,(H,14,15). The van der Waals surface area contributed by atoms with Crippen LogP contribution < -0.4 is 0 Å². The van der Waals surface area contributed by atoms with Gasteiger partial charge in [0.15, 0.2) is 6.29 Å². The summed E-state index contributed by atoms with van der Waals surface area (Å²) in [6.07, 6.45) is 0.461. The SMILES string of the molecule is O=C(O)c1cc2sccc2n1CCC1OCCO1. The van der Waals surface area contributed by atoms with E-state index in [4.69, 9.17) is 9.47 Å². The Kier molecular flexibility index (Phi) is 3.07. The van der Waals surface area contributed by atoms with Gasteiger partial charge >= 0.3 is 5.97 Å². The second-order valence-corrected chi connectivity index (χ2v) is 5.06. The molecule has 1 fully saturated rings. The molecule has 96 valence electrons. The highest BCUT2D eigenvalue weighted by molar-refractivity contribution is 7.17. The summed E-state index contributed by atoms with van der Waals surface area (Å²) in [6, 6.07) is 3.67. The third-order valence-corrected chi connectivity index (χ3v) is 3.87. The number of carbonyl (C=O) groups is 1. The monoisotopic (exact) mass is 267 g/mol. The number of ether oxygens (including phenoxy) is 2. The van der Waals surface area contributed by atoms with Crippen LogP contribution in [0.25, 0.3) is 10.2 Å². The van der Waals surface area contributed by atoms with E-state index in [0.717, 1.165) is 10.2 Å². The number of rotatable bonds is 4. The van der Waals surface area contributed by atoms with Gasteiger partial charge in [-0.05, 0) is 17.5 Å². The number of aromatic carboxylic acids is 1. The van der Waals surface area contributed by atoms with Crippen LogP contribution in [0.1, 0.15) is 16.9 Å². The zero-order chi connectivity index (χ0) is 12.5. The summed E-state index contributed by atoms with van der Waals surface area (Å²) < 4.78 is 13.5. The molecule has 0 radical (unpaired) electrons. The number of hydrogen-bond donors (Lipinski definition) is 1. The summed E-state index contributed by atoms with van der Waals surface area (Å²) in [5.41, 5.74) is 1.30. The quantitative estimate of drug-likeness (QED) is 0.922. The molecule has 6 heteroatoms. The average Bonchev–Trinajstić information content (AvgIpc) is 3.03. The van der Waals surface area contributed by atoms with Crippen LogP contribution in [0.4, 0.5) is 0 Å². The first-order chi connectivity index (χ1) is 8.75. The molecule has 0 saturated carbocycles. The molecule has 0 bridgehead atoms. The molecular formula is C12H13NO4S. The Morgan fingerprint density at radius 3 is 3.00 bits per heavy atom. The normalized spacial score (nSPS) is 16.7. The largest absolute Gasteiger partial charge is 0.477 e. The summed E-state index contributed by atoms with van der Waals surface area (Å²) in [6.45, 7) is 1.83. The summed E-state index contributed by atoms with van der Waals surface area (Å²) in [5.74, 6) is -0.897. The van der Waals surface area contributed by atoms with E-state index in [1.165, 1.54) is 0 Å². The predicted octanol–water partition coefficient (Wildman–Crippen LogP) is 2.16. The van der Waals surface area contributed by atoms with E-state index >= 15 is 0 Å². The zero-order valence-electron chi connectivity index (χ0n) is 9.67. The Balaban J connectivity index is 1.85. The van der Waals surface area contributed by atoms with Crippen molar-refractivity contribution in [2.75, 3.05) is 13.2 Å². The van der Waals surface area contributed by atoms with E-state index in [2.05, 4.69) is 0 Å². The summed E-state index contributed by atoms with van der Waals surface area (Å²) in [7, 11) is 0. The number of aromatic nitrogens is 1. The molecule has 0 atom stereocenters. The second-order valence-electron chi connectivity index (χ2n) is 4.12. The highest BCUT2D eigenvalue weighted by Crippen LogP contribution is 2.26. The van der Waals surface area contributed by atoms with Crippen molar-refractivity contribution in [3.63, 3.8) is 0 Å². The maximum Gasteiger partial charge on any atom is 0.352 e. The number of fused-ring (bicyclic) bond motifs is 1. The molecule has 0 aromatic carbocycles. The lowest BCUT2D eigenvalue weighted by Gasteiger charge is -2.11. The number of carboxylic acids is 1. The minimum atomic E-state index is -0.897. The van der Waals surface area contributed by atoms with Crippen molar-refractivity contribution in [1.82, 2.24) is 4.57 Å². The number of hydrogen-bond acceptors (Lipinski definition) is 4. The summed E-state index contributed by atoms with van der Waals surface area (Å²) in [4.78, 5) is 11.2. The molecule has 1 aliphatic rings. The van der Waals surface area contributed by atoms with Crippen LogP contribution in [0.2, 0.25) is 0 Å². The van der Waals surface area contributed by atoms with E-state index in [1.54, 1.807) is 17.4 Å². The van der Waals surface area contributed by atoms with Crippen molar-refractivity contribution in [2.24, 2.45) is 0 Å². The molecule has 0 amide bonds. The van der Waals surface area contributed by atoms with Gasteiger partial charge in [-0.25, -0.2) is 4.79 Å². The molecular weight excluding hydrogens is 254 g/mol. The van der Waals surface area contributed by atoms with Crippen molar-refractivity contribution >= 4 is 27.5 Å². The Bertz CT molecular complexity index is 568. The molecule has 3 heterocycles. The molecule has 5 nitrogen and oxygen atoms in total.